The molecule has 4 nitrogen and oxygen atoms in total. The van der Waals surface area contributed by atoms with Crippen molar-refractivity contribution in [2.24, 2.45) is 11.8 Å². The van der Waals surface area contributed by atoms with Crippen molar-refractivity contribution in [3.05, 3.63) is 12.2 Å². The van der Waals surface area contributed by atoms with Crippen molar-refractivity contribution >= 4 is 11.9 Å². The summed E-state index contributed by atoms with van der Waals surface area (Å²) in [6.07, 6.45) is 14.5. The van der Waals surface area contributed by atoms with Crippen LogP contribution in [0.4, 0.5) is 0 Å². The summed E-state index contributed by atoms with van der Waals surface area (Å²) >= 11 is 0. The average Bonchev–Trinajstić information content (AvgIpc) is 2.55. The van der Waals surface area contributed by atoms with Crippen LogP contribution in [-0.4, -0.2) is 22.6 Å². The fraction of sp³-hybridized carbons (Fsp3) is 0.789. The van der Waals surface area contributed by atoms with Gasteiger partial charge in [0.25, 0.3) is 0 Å². The van der Waals surface area contributed by atoms with E-state index in [4.69, 9.17) is 9.84 Å². The molecule has 0 aromatic carbocycles. The van der Waals surface area contributed by atoms with E-state index < -0.39 is 11.9 Å². The molecule has 0 unspecified atom stereocenters. The maximum Gasteiger partial charge on any atom is 0.331 e. The zero-order valence-electron chi connectivity index (χ0n) is 14.3. The van der Waals surface area contributed by atoms with Gasteiger partial charge < -0.3 is 9.84 Å². The van der Waals surface area contributed by atoms with Crippen molar-refractivity contribution in [1.82, 2.24) is 0 Å². The molecule has 0 saturated heterocycles. The second-order valence-electron chi connectivity index (χ2n) is 7.22. The minimum Gasteiger partial charge on any atom is -0.478 e. The molecule has 4 heteroatoms. The normalized spacial score (nSPS) is 27.7. The number of hydrogen-bond donors (Lipinski definition) is 1. The van der Waals surface area contributed by atoms with Gasteiger partial charge in [0, 0.05) is 12.2 Å². The van der Waals surface area contributed by atoms with Gasteiger partial charge in [-0.25, -0.2) is 9.59 Å². The molecule has 0 aromatic heterocycles. The van der Waals surface area contributed by atoms with E-state index in [9.17, 15) is 9.59 Å². The number of carbonyl (C=O) groups is 2. The molecule has 0 spiro atoms. The lowest BCUT2D eigenvalue weighted by molar-refractivity contribution is -0.168. The molecular weight excluding hydrogens is 292 g/mol. The first-order chi connectivity index (χ1) is 11.1. The lowest BCUT2D eigenvalue weighted by atomic mass is 9.67. The number of rotatable bonds is 6. The van der Waals surface area contributed by atoms with Crippen molar-refractivity contribution in [2.75, 3.05) is 0 Å². The molecule has 2 rings (SSSR count). The maximum atomic E-state index is 12.1. The lowest BCUT2D eigenvalue weighted by Crippen LogP contribution is -2.45. The van der Waals surface area contributed by atoms with Crippen molar-refractivity contribution in [2.45, 2.75) is 83.2 Å². The molecule has 0 atom stereocenters. The van der Waals surface area contributed by atoms with Crippen LogP contribution < -0.4 is 0 Å². The van der Waals surface area contributed by atoms with Crippen LogP contribution in [0.15, 0.2) is 12.2 Å². The summed E-state index contributed by atoms with van der Waals surface area (Å²) in [5.74, 6) is -0.331. The first kappa shape index (κ1) is 18.0. The third-order valence-electron chi connectivity index (χ3n) is 5.65. The maximum absolute atomic E-state index is 12.1. The quantitative estimate of drug-likeness (QED) is 0.578. The SMILES string of the molecule is CCCC1CCC(C2(OC(=O)/C=C/C(=O)O)CCCCC2)CC1. The Labute approximate surface area is 139 Å². The van der Waals surface area contributed by atoms with Gasteiger partial charge in [0.15, 0.2) is 0 Å². The largest absolute Gasteiger partial charge is 0.478 e. The Bertz CT molecular complexity index is 427. The number of carbonyl (C=O) groups excluding carboxylic acids is 1. The van der Waals surface area contributed by atoms with Crippen LogP contribution in [-0.2, 0) is 14.3 Å². The topological polar surface area (TPSA) is 63.6 Å². The predicted octanol–water partition coefficient (Wildman–Crippen LogP) is 4.48. The Morgan fingerprint density at radius 1 is 1.09 bits per heavy atom. The van der Waals surface area contributed by atoms with Gasteiger partial charge >= 0.3 is 11.9 Å². The summed E-state index contributed by atoms with van der Waals surface area (Å²) in [7, 11) is 0. The second kappa shape index (κ2) is 8.51. The summed E-state index contributed by atoms with van der Waals surface area (Å²) in [6.45, 7) is 2.24. The number of hydrogen-bond acceptors (Lipinski definition) is 3. The van der Waals surface area contributed by atoms with Gasteiger partial charge in [0.2, 0.25) is 0 Å². The number of carboxylic acids is 1. The van der Waals surface area contributed by atoms with Crippen molar-refractivity contribution in [3.63, 3.8) is 0 Å². The summed E-state index contributed by atoms with van der Waals surface area (Å²) in [5, 5.41) is 8.67. The third-order valence-corrected chi connectivity index (χ3v) is 5.65. The zero-order chi connectivity index (χ0) is 16.7. The van der Waals surface area contributed by atoms with E-state index in [0.717, 1.165) is 56.6 Å². The van der Waals surface area contributed by atoms with Gasteiger partial charge in [-0.2, -0.15) is 0 Å². The third kappa shape index (κ3) is 5.08. The molecule has 1 N–H and O–H groups in total. The van der Waals surface area contributed by atoms with Gasteiger partial charge in [0.1, 0.15) is 5.60 Å². The molecule has 0 aliphatic heterocycles. The van der Waals surface area contributed by atoms with E-state index in [-0.39, 0.29) is 5.60 Å². The molecule has 130 valence electrons. The Hall–Kier alpha value is -1.32. The van der Waals surface area contributed by atoms with E-state index in [2.05, 4.69) is 6.92 Å². The van der Waals surface area contributed by atoms with Gasteiger partial charge in [-0.1, -0.05) is 39.0 Å². The van der Waals surface area contributed by atoms with Crippen LogP contribution in [0.3, 0.4) is 0 Å². The minimum absolute atomic E-state index is 0.352. The fourth-order valence-electron chi connectivity index (χ4n) is 4.50. The molecule has 2 fully saturated rings. The van der Waals surface area contributed by atoms with Gasteiger partial charge in [0.05, 0.1) is 0 Å². The number of aliphatic carboxylic acids is 1. The smallest absolute Gasteiger partial charge is 0.331 e. The van der Waals surface area contributed by atoms with Crippen LogP contribution in [0, 0.1) is 11.8 Å². The number of ether oxygens (including phenoxy) is 1. The predicted molar refractivity (Wildman–Crippen MR) is 89.0 cm³/mol. The highest BCUT2D eigenvalue weighted by atomic mass is 16.6. The highest BCUT2D eigenvalue weighted by Gasteiger charge is 2.44. The van der Waals surface area contributed by atoms with E-state index in [0.29, 0.717) is 5.92 Å². The van der Waals surface area contributed by atoms with Crippen LogP contribution in [0.25, 0.3) is 0 Å². The van der Waals surface area contributed by atoms with Crippen LogP contribution in [0.2, 0.25) is 0 Å². The Balaban J connectivity index is 2.01. The first-order valence-electron chi connectivity index (χ1n) is 9.19. The summed E-state index contributed by atoms with van der Waals surface area (Å²) in [5.41, 5.74) is -0.352. The van der Waals surface area contributed by atoms with E-state index in [1.54, 1.807) is 0 Å². The van der Waals surface area contributed by atoms with Crippen LogP contribution >= 0.6 is 0 Å². The monoisotopic (exact) mass is 322 g/mol. The summed E-state index contributed by atoms with van der Waals surface area (Å²) in [6, 6.07) is 0. The van der Waals surface area contributed by atoms with Crippen molar-refractivity contribution < 1.29 is 19.4 Å². The van der Waals surface area contributed by atoms with Crippen molar-refractivity contribution in [3.8, 4) is 0 Å². The molecule has 2 saturated carbocycles. The van der Waals surface area contributed by atoms with Crippen LogP contribution in [0.1, 0.15) is 77.6 Å². The lowest BCUT2D eigenvalue weighted by Gasteiger charge is -2.45. The van der Waals surface area contributed by atoms with Gasteiger partial charge in [-0.15, -0.1) is 0 Å². The minimum atomic E-state index is -1.11. The fourth-order valence-corrected chi connectivity index (χ4v) is 4.50. The van der Waals surface area contributed by atoms with Gasteiger partial charge in [-0.05, 0) is 50.4 Å². The Morgan fingerprint density at radius 3 is 2.30 bits per heavy atom. The molecule has 0 bridgehead atoms. The van der Waals surface area contributed by atoms with E-state index >= 15 is 0 Å². The highest BCUT2D eigenvalue weighted by Crippen LogP contribution is 2.46. The summed E-state index contributed by atoms with van der Waals surface area (Å²) < 4.78 is 5.87. The number of carboxylic acid groups (broad SMARTS) is 1. The Morgan fingerprint density at radius 2 is 1.74 bits per heavy atom. The number of esters is 1. The molecule has 0 radical (unpaired) electrons. The average molecular weight is 322 g/mol. The first-order valence-corrected chi connectivity index (χ1v) is 9.19. The molecule has 0 amide bonds. The molecule has 2 aliphatic rings. The molecular formula is C19H30O4. The van der Waals surface area contributed by atoms with Gasteiger partial charge in [-0.3, -0.25) is 0 Å². The van der Waals surface area contributed by atoms with Crippen molar-refractivity contribution in [1.29, 1.82) is 0 Å². The molecule has 0 heterocycles. The molecule has 0 aromatic rings. The Kier molecular flexibility index (Phi) is 6.67. The van der Waals surface area contributed by atoms with E-state index in [1.165, 1.54) is 32.1 Å². The van der Waals surface area contributed by atoms with Crippen LogP contribution in [0.5, 0.6) is 0 Å². The standard InChI is InChI=1S/C19H30O4/c1-2-6-15-7-9-16(10-8-15)19(13-4-3-5-14-19)23-18(22)12-11-17(20)21/h11-12,15-16H,2-10,13-14H2,1H3,(H,20,21)/b12-11+. The summed E-state index contributed by atoms with van der Waals surface area (Å²) in [4.78, 5) is 22.6. The zero-order valence-corrected chi connectivity index (χ0v) is 14.3. The van der Waals surface area contributed by atoms with E-state index in [1.807, 2.05) is 0 Å². The second-order valence-corrected chi connectivity index (χ2v) is 7.22. The molecule has 2 aliphatic carbocycles. The molecule has 23 heavy (non-hydrogen) atoms. The highest BCUT2D eigenvalue weighted by molar-refractivity contribution is 5.90.